The summed E-state index contributed by atoms with van der Waals surface area (Å²) in [6, 6.07) is 11.2. The Morgan fingerprint density at radius 1 is 1.10 bits per heavy atom. The molecule has 1 aliphatic rings. The zero-order valence-corrected chi connectivity index (χ0v) is 22.3. The SMILES string of the molecule is COc1cc(C=C2C(C)=C(CC(=O)NCc3ccco3)c3cc(F)ccc32)cc(OC)c1OCOP(=O)(O)O. The van der Waals surface area contributed by atoms with Crippen molar-refractivity contribution in [1.82, 2.24) is 5.32 Å². The van der Waals surface area contributed by atoms with Gasteiger partial charge in [0.05, 0.1) is 33.4 Å². The number of halogens is 1. The molecule has 0 saturated heterocycles. The lowest BCUT2D eigenvalue weighted by atomic mass is 10.00. The average Bonchev–Trinajstić information content (AvgIpc) is 3.50. The smallest absolute Gasteiger partial charge is 0.472 e. The first-order valence-corrected chi connectivity index (χ1v) is 13.2. The van der Waals surface area contributed by atoms with Crippen LogP contribution < -0.4 is 19.5 Å². The molecule has 10 nitrogen and oxygen atoms in total. The highest BCUT2D eigenvalue weighted by molar-refractivity contribution is 7.46. The number of hydrogen-bond acceptors (Lipinski definition) is 7. The van der Waals surface area contributed by atoms with Crippen LogP contribution in [0.5, 0.6) is 17.2 Å². The monoisotopic (exact) mass is 559 g/mol. The van der Waals surface area contributed by atoms with E-state index in [1.165, 1.54) is 32.6 Å². The van der Waals surface area contributed by atoms with E-state index < -0.39 is 20.4 Å². The number of amides is 1. The lowest BCUT2D eigenvalue weighted by Crippen LogP contribution is -2.22. The first-order chi connectivity index (χ1) is 18.6. The molecule has 0 unspecified atom stereocenters. The van der Waals surface area contributed by atoms with Gasteiger partial charge in [-0.25, -0.2) is 13.5 Å². The zero-order chi connectivity index (χ0) is 28.2. The minimum Gasteiger partial charge on any atom is -0.493 e. The van der Waals surface area contributed by atoms with Crippen molar-refractivity contribution in [3.05, 3.63) is 82.6 Å². The van der Waals surface area contributed by atoms with Crippen LogP contribution in [0.2, 0.25) is 0 Å². The molecule has 0 saturated carbocycles. The van der Waals surface area contributed by atoms with Crippen LogP contribution in [0.25, 0.3) is 17.2 Å². The third kappa shape index (κ3) is 6.76. The second-order valence-electron chi connectivity index (χ2n) is 8.52. The number of furan rings is 1. The highest BCUT2D eigenvalue weighted by Gasteiger charge is 2.26. The largest absolute Gasteiger partial charge is 0.493 e. The van der Waals surface area contributed by atoms with Crippen LogP contribution in [-0.2, 0) is 20.4 Å². The number of benzene rings is 2. The maximum atomic E-state index is 14.2. The van der Waals surface area contributed by atoms with Gasteiger partial charge in [0.25, 0.3) is 0 Å². The van der Waals surface area contributed by atoms with Gasteiger partial charge in [-0.05, 0) is 82.8 Å². The molecular weight excluding hydrogens is 532 g/mol. The van der Waals surface area contributed by atoms with Gasteiger partial charge in [0.2, 0.25) is 18.4 Å². The summed E-state index contributed by atoms with van der Waals surface area (Å²) in [5.74, 6) is 0.513. The molecule has 39 heavy (non-hydrogen) atoms. The molecular formula is C27H27FNO9P. The Hall–Kier alpha value is -3.89. The van der Waals surface area contributed by atoms with Gasteiger partial charge < -0.3 is 33.7 Å². The second-order valence-corrected chi connectivity index (χ2v) is 9.76. The van der Waals surface area contributed by atoms with Gasteiger partial charge in [-0.1, -0.05) is 6.07 Å². The van der Waals surface area contributed by atoms with E-state index in [2.05, 4.69) is 9.84 Å². The van der Waals surface area contributed by atoms with Crippen LogP contribution in [0.4, 0.5) is 4.39 Å². The van der Waals surface area contributed by atoms with Crippen molar-refractivity contribution in [1.29, 1.82) is 0 Å². The van der Waals surface area contributed by atoms with Gasteiger partial charge in [0, 0.05) is 0 Å². The van der Waals surface area contributed by atoms with E-state index >= 15 is 0 Å². The third-order valence-corrected chi connectivity index (χ3v) is 6.49. The summed E-state index contributed by atoms with van der Waals surface area (Å²) in [7, 11) is -1.93. The Balaban J connectivity index is 1.66. The summed E-state index contributed by atoms with van der Waals surface area (Å²) in [5, 5.41) is 2.82. The van der Waals surface area contributed by atoms with Crippen molar-refractivity contribution < 1.29 is 46.7 Å². The molecule has 0 radical (unpaired) electrons. The van der Waals surface area contributed by atoms with Crippen LogP contribution in [0, 0.1) is 5.82 Å². The number of ether oxygens (including phenoxy) is 3. The van der Waals surface area contributed by atoms with Gasteiger partial charge in [-0.3, -0.25) is 4.79 Å². The van der Waals surface area contributed by atoms with Crippen molar-refractivity contribution in [2.45, 2.75) is 19.9 Å². The van der Waals surface area contributed by atoms with E-state index in [4.69, 9.17) is 28.4 Å². The zero-order valence-electron chi connectivity index (χ0n) is 21.4. The van der Waals surface area contributed by atoms with Crippen molar-refractivity contribution in [2.24, 2.45) is 0 Å². The molecule has 0 aliphatic heterocycles. The Morgan fingerprint density at radius 3 is 2.44 bits per heavy atom. The van der Waals surface area contributed by atoms with Crippen LogP contribution in [0.15, 0.2) is 58.7 Å². The number of hydrogen-bond donors (Lipinski definition) is 3. The van der Waals surface area contributed by atoms with Crippen LogP contribution in [0.3, 0.4) is 0 Å². The minimum absolute atomic E-state index is 0.0410. The topological polar surface area (TPSA) is 137 Å². The van der Waals surface area contributed by atoms with E-state index in [-0.39, 0.29) is 36.1 Å². The third-order valence-electron chi connectivity index (χ3n) is 6.05. The fourth-order valence-electron chi connectivity index (χ4n) is 4.25. The van der Waals surface area contributed by atoms with E-state index in [0.29, 0.717) is 22.5 Å². The van der Waals surface area contributed by atoms with Gasteiger partial charge in [0.15, 0.2) is 11.5 Å². The molecule has 1 heterocycles. The molecule has 206 valence electrons. The molecule has 1 aliphatic carbocycles. The number of carbonyl (C=O) groups is 1. The van der Waals surface area contributed by atoms with E-state index in [1.807, 2.05) is 13.0 Å². The predicted molar refractivity (Wildman–Crippen MR) is 140 cm³/mol. The summed E-state index contributed by atoms with van der Waals surface area (Å²) in [5.41, 5.74) is 4.30. The fraction of sp³-hybridized carbons (Fsp3) is 0.222. The molecule has 4 rings (SSSR count). The summed E-state index contributed by atoms with van der Waals surface area (Å²) < 4.78 is 51.0. The Kier molecular flexibility index (Phi) is 8.57. The predicted octanol–water partition coefficient (Wildman–Crippen LogP) is 4.92. The molecule has 0 atom stereocenters. The number of methoxy groups -OCH3 is 2. The summed E-state index contributed by atoms with van der Waals surface area (Å²) in [6.07, 6.45) is 3.42. The average molecular weight is 559 g/mol. The number of allylic oxidation sites excluding steroid dienone is 2. The van der Waals surface area contributed by atoms with Crippen LogP contribution >= 0.6 is 7.82 Å². The second kappa shape index (κ2) is 11.9. The molecule has 1 amide bonds. The van der Waals surface area contributed by atoms with Crippen molar-refractivity contribution in [3.63, 3.8) is 0 Å². The minimum atomic E-state index is -4.74. The first-order valence-electron chi connectivity index (χ1n) is 11.7. The Labute approximate surface area is 223 Å². The summed E-state index contributed by atoms with van der Waals surface area (Å²) in [4.78, 5) is 30.6. The summed E-state index contributed by atoms with van der Waals surface area (Å²) >= 11 is 0. The number of phosphoric ester groups is 1. The number of rotatable bonds is 11. The lowest BCUT2D eigenvalue weighted by Gasteiger charge is -2.16. The molecule has 0 bridgehead atoms. The maximum absolute atomic E-state index is 14.2. The Morgan fingerprint density at radius 2 is 1.82 bits per heavy atom. The highest BCUT2D eigenvalue weighted by atomic mass is 31.2. The van der Waals surface area contributed by atoms with E-state index in [1.54, 1.807) is 30.3 Å². The molecule has 1 aromatic heterocycles. The van der Waals surface area contributed by atoms with E-state index in [9.17, 15) is 13.8 Å². The molecule has 2 aromatic carbocycles. The number of fused-ring (bicyclic) bond motifs is 1. The fourth-order valence-corrected chi connectivity index (χ4v) is 4.44. The lowest BCUT2D eigenvalue weighted by molar-refractivity contribution is -0.120. The van der Waals surface area contributed by atoms with Gasteiger partial charge in [-0.2, -0.15) is 0 Å². The number of phosphoric acid groups is 1. The molecule has 3 aromatic rings. The van der Waals surface area contributed by atoms with E-state index in [0.717, 1.165) is 16.7 Å². The van der Waals surface area contributed by atoms with Gasteiger partial charge >= 0.3 is 7.82 Å². The van der Waals surface area contributed by atoms with Crippen LogP contribution in [0.1, 0.15) is 35.8 Å². The van der Waals surface area contributed by atoms with Crippen LogP contribution in [-0.4, -0.2) is 36.7 Å². The number of carbonyl (C=O) groups excluding carboxylic acids is 1. The first kappa shape index (κ1) is 28.1. The maximum Gasteiger partial charge on any atom is 0.472 e. The van der Waals surface area contributed by atoms with Crippen molar-refractivity contribution in [2.75, 3.05) is 21.0 Å². The molecule has 3 N–H and O–H groups in total. The van der Waals surface area contributed by atoms with Gasteiger partial charge in [0.1, 0.15) is 11.6 Å². The normalized spacial score (nSPS) is 13.9. The van der Waals surface area contributed by atoms with Crippen molar-refractivity contribution >= 4 is 31.0 Å². The Bertz CT molecular complexity index is 1450. The standard InChI is InChI=1S/C27H27FNO9P/c1-16-21(9-17-10-24(34-2)27(25(11-17)35-3)37-15-38-39(31,32)33)20-7-6-18(28)12-23(20)22(16)13-26(30)29-14-19-5-4-8-36-19/h4-12H,13-15H2,1-3H3,(H,29,30)(H2,31,32,33). The highest BCUT2D eigenvalue weighted by Crippen LogP contribution is 2.46. The van der Waals surface area contributed by atoms with Crippen molar-refractivity contribution in [3.8, 4) is 17.2 Å². The molecule has 0 fully saturated rings. The molecule has 0 spiro atoms. The summed E-state index contributed by atoms with van der Waals surface area (Å²) in [6.45, 7) is 1.37. The number of nitrogens with one attached hydrogen (secondary N) is 1. The molecule has 12 heteroatoms. The van der Waals surface area contributed by atoms with Gasteiger partial charge in [-0.15, -0.1) is 0 Å². The quantitative estimate of drug-likeness (QED) is 0.221.